The summed E-state index contributed by atoms with van der Waals surface area (Å²) >= 11 is 3.32. The Kier molecular flexibility index (Phi) is 4.21. The molecular weight excluding hydrogens is 262 g/mol. The highest BCUT2D eigenvalue weighted by Crippen LogP contribution is 2.41. The van der Waals surface area contributed by atoms with E-state index in [-0.39, 0.29) is 0 Å². The third kappa shape index (κ3) is 2.58. The predicted octanol–water partition coefficient (Wildman–Crippen LogP) is 3.24. The van der Waals surface area contributed by atoms with Crippen molar-refractivity contribution in [3.8, 4) is 0 Å². The number of rotatable bonds is 5. The van der Waals surface area contributed by atoms with Crippen molar-refractivity contribution in [3.05, 3.63) is 5.69 Å². The highest BCUT2D eigenvalue weighted by Gasteiger charge is 2.37. The van der Waals surface area contributed by atoms with Gasteiger partial charge in [-0.15, -0.1) is 11.8 Å². The summed E-state index contributed by atoms with van der Waals surface area (Å²) in [7, 11) is 0. The van der Waals surface area contributed by atoms with E-state index < -0.39 is 0 Å². The standard InChI is InChI=1S/C13H21N3S2/c1-2-3-8-17-13-12(14-18-15-13)11-9-16-6-4-10(11)5-7-16/h10-11H,2-9H2,1H3/t11-/m1/s1. The van der Waals surface area contributed by atoms with Crippen molar-refractivity contribution in [2.75, 3.05) is 25.4 Å². The van der Waals surface area contributed by atoms with Gasteiger partial charge in [0.05, 0.1) is 17.4 Å². The second kappa shape index (κ2) is 5.88. The molecule has 100 valence electrons. The maximum atomic E-state index is 4.62. The van der Waals surface area contributed by atoms with Crippen LogP contribution < -0.4 is 0 Å². The van der Waals surface area contributed by atoms with Crippen molar-refractivity contribution in [1.29, 1.82) is 0 Å². The van der Waals surface area contributed by atoms with Gasteiger partial charge in [0.25, 0.3) is 0 Å². The predicted molar refractivity (Wildman–Crippen MR) is 77.4 cm³/mol. The lowest BCUT2D eigenvalue weighted by Gasteiger charge is -2.44. The Morgan fingerprint density at radius 1 is 1.33 bits per heavy atom. The largest absolute Gasteiger partial charge is 0.303 e. The molecule has 0 saturated carbocycles. The molecule has 3 nitrogen and oxygen atoms in total. The molecule has 5 heteroatoms. The Bertz CT molecular complexity index is 385. The molecule has 1 aromatic heterocycles. The fourth-order valence-corrected chi connectivity index (χ4v) is 4.96. The van der Waals surface area contributed by atoms with Gasteiger partial charge in [-0.05, 0) is 44.0 Å². The molecule has 1 aromatic rings. The first-order valence-corrected chi connectivity index (χ1v) is 8.77. The van der Waals surface area contributed by atoms with Gasteiger partial charge >= 0.3 is 0 Å². The Morgan fingerprint density at radius 3 is 2.83 bits per heavy atom. The van der Waals surface area contributed by atoms with E-state index in [2.05, 4.69) is 20.6 Å². The number of nitrogens with zero attached hydrogens (tertiary/aromatic N) is 3. The molecular formula is C13H21N3S2. The SMILES string of the molecule is CCCCSc1nsnc1[C@@H]1CN2CCC1CC2. The van der Waals surface area contributed by atoms with E-state index in [1.807, 2.05) is 11.8 Å². The van der Waals surface area contributed by atoms with Crippen molar-refractivity contribution < 1.29 is 0 Å². The van der Waals surface area contributed by atoms with E-state index in [0.717, 1.165) is 5.92 Å². The molecule has 1 atom stereocenters. The maximum Gasteiger partial charge on any atom is 0.134 e. The monoisotopic (exact) mass is 283 g/mol. The van der Waals surface area contributed by atoms with Crippen LogP contribution in [0.3, 0.4) is 0 Å². The molecule has 2 bridgehead atoms. The van der Waals surface area contributed by atoms with E-state index in [1.54, 1.807) is 0 Å². The first-order chi connectivity index (χ1) is 8.88. The molecule has 4 rings (SSSR count). The van der Waals surface area contributed by atoms with Crippen LogP contribution in [-0.4, -0.2) is 39.0 Å². The zero-order chi connectivity index (χ0) is 12.4. The van der Waals surface area contributed by atoms with Gasteiger partial charge in [-0.1, -0.05) is 13.3 Å². The van der Waals surface area contributed by atoms with Crippen molar-refractivity contribution in [2.45, 2.75) is 43.6 Å². The minimum Gasteiger partial charge on any atom is -0.303 e. The minimum atomic E-state index is 0.662. The zero-order valence-electron chi connectivity index (χ0n) is 11.0. The first kappa shape index (κ1) is 12.9. The van der Waals surface area contributed by atoms with Crippen molar-refractivity contribution in [3.63, 3.8) is 0 Å². The van der Waals surface area contributed by atoms with Gasteiger partial charge in [-0.3, -0.25) is 0 Å². The number of fused-ring (bicyclic) bond motifs is 3. The Labute approximate surface area is 118 Å². The number of hydrogen-bond donors (Lipinski definition) is 0. The Balaban J connectivity index is 1.70. The summed E-state index contributed by atoms with van der Waals surface area (Å²) in [4.78, 5) is 2.60. The van der Waals surface area contributed by atoms with Crippen molar-refractivity contribution in [2.24, 2.45) is 5.92 Å². The number of hydrogen-bond acceptors (Lipinski definition) is 5. The summed E-state index contributed by atoms with van der Waals surface area (Å²) < 4.78 is 9.14. The average Bonchev–Trinajstić information content (AvgIpc) is 2.89. The van der Waals surface area contributed by atoms with E-state index in [1.165, 1.54) is 73.5 Å². The molecule has 0 radical (unpaired) electrons. The van der Waals surface area contributed by atoms with Crippen molar-refractivity contribution >= 4 is 23.5 Å². The van der Waals surface area contributed by atoms with Crippen LogP contribution in [0.25, 0.3) is 0 Å². The highest BCUT2D eigenvalue weighted by molar-refractivity contribution is 7.99. The molecule has 18 heavy (non-hydrogen) atoms. The molecule has 0 amide bonds. The summed E-state index contributed by atoms with van der Waals surface area (Å²) in [6.07, 6.45) is 5.27. The smallest absolute Gasteiger partial charge is 0.134 e. The van der Waals surface area contributed by atoms with E-state index in [0.29, 0.717) is 5.92 Å². The molecule has 3 saturated heterocycles. The number of thioether (sulfide) groups is 1. The molecule has 0 aliphatic carbocycles. The minimum absolute atomic E-state index is 0.662. The van der Waals surface area contributed by atoms with Crippen LogP contribution in [0.15, 0.2) is 5.03 Å². The van der Waals surface area contributed by atoms with E-state index in [9.17, 15) is 0 Å². The van der Waals surface area contributed by atoms with Gasteiger partial charge in [0.15, 0.2) is 0 Å². The normalized spacial score (nSPS) is 30.8. The molecule has 3 aliphatic heterocycles. The second-order valence-corrected chi connectivity index (χ2v) is 7.01. The number of aromatic nitrogens is 2. The van der Waals surface area contributed by atoms with Crippen LogP contribution >= 0.6 is 23.5 Å². The Hall–Kier alpha value is -0.130. The lowest BCUT2D eigenvalue weighted by Crippen LogP contribution is -2.46. The van der Waals surface area contributed by atoms with Crippen LogP contribution in [0.4, 0.5) is 0 Å². The van der Waals surface area contributed by atoms with Crippen molar-refractivity contribution in [1.82, 2.24) is 13.6 Å². The summed E-state index contributed by atoms with van der Waals surface area (Å²) in [5.74, 6) is 2.72. The van der Waals surface area contributed by atoms with Crippen LogP contribution in [0, 0.1) is 5.92 Å². The van der Waals surface area contributed by atoms with Crippen LogP contribution in [0.5, 0.6) is 0 Å². The van der Waals surface area contributed by atoms with Gasteiger partial charge in [-0.2, -0.15) is 8.75 Å². The molecule has 4 heterocycles. The number of unbranched alkanes of at least 4 members (excludes halogenated alkanes) is 1. The maximum absolute atomic E-state index is 4.62. The molecule has 3 aliphatic rings. The van der Waals surface area contributed by atoms with Crippen LogP contribution in [0.1, 0.15) is 44.2 Å². The zero-order valence-corrected chi connectivity index (χ0v) is 12.6. The fourth-order valence-electron chi connectivity index (χ4n) is 3.10. The summed E-state index contributed by atoms with van der Waals surface area (Å²) in [6.45, 7) is 6.07. The van der Waals surface area contributed by atoms with Gasteiger partial charge in [0.2, 0.25) is 0 Å². The Morgan fingerprint density at radius 2 is 2.17 bits per heavy atom. The van der Waals surface area contributed by atoms with Gasteiger partial charge in [0.1, 0.15) is 5.03 Å². The van der Waals surface area contributed by atoms with Gasteiger partial charge < -0.3 is 4.90 Å². The quantitative estimate of drug-likeness (QED) is 0.613. The first-order valence-electron chi connectivity index (χ1n) is 7.06. The fraction of sp³-hybridized carbons (Fsp3) is 0.846. The topological polar surface area (TPSA) is 29.0 Å². The van der Waals surface area contributed by atoms with E-state index in [4.69, 9.17) is 0 Å². The molecule has 0 unspecified atom stereocenters. The molecule has 0 aromatic carbocycles. The summed E-state index contributed by atoms with van der Waals surface area (Å²) in [5.41, 5.74) is 1.32. The lowest BCUT2D eigenvalue weighted by atomic mass is 9.78. The number of piperidine rings is 3. The molecule has 0 spiro atoms. The highest BCUT2D eigenvalue weighted by atomic mass is 32.2. The van der Waals surface area contributed by atoms with E-state index >= 15 is 0 Å². The van der Waals surface area contributed by atoms with Crippen LogP contribution in [-0.2, 0) is 0 Å². The average molecular weight is 283 g/mol. The van der Waals surface area contributed by atoms with Crippen LogP contribution in [0.2, 0.25) is 0 Å². The molecule has 0 N–H and O–H groups in total. The van der Waals surface area contributed by atoms with Gasteiger partial charge in [0, 0.05) is 12.5 Å². The molecule has 3 fully saturated rings. The lowest BCUT2D eigenvalue weighted by molar-refractivity contribution is 0.0846. The third-order valence-electron chi connectivity index (χ3n) is 4.23. The summed E-state index contributed by atoms with van der Waals surface area (Å²) in [5, 5.41) is 1.23. The summed E-state index contributed by atoms with van der Waals surface area (Å²) in [6, 6.07) is 0. The third-order valence-corrected chi connectivity index (χ3v) is 5.95. The second-order valence-electron chi connectivity index (χ2n) is 5.40. The van der Waals surface area contributed by atoms with Gasteiger partial charge in [-0.25, -0.2) is 0 Å².